The molecule has 1 saturated heterocycles. The van der Waals surface area contributed by atoms with Crippen LogP contribution in [0.25, 0.3) is 0 Å². The van der Waals surface area contributed by atoms with Crippen LogP contribution >= 0.6 is 0 Å². The third kappa shape index (κ3) is 2.37. The van der Waals surface area contributed by atoms with Crippen molar-refractivity contribution in [1.82, 2.24) is 0 Å². The predicted molar refractivity (Wildman–Crippen MR) is 87.3 cm³/mol. The Bertz CT molecular complexity index is 747. The quantitative estimate of drug-likeness (QED) is 0.666. The third-order valence-corrected chi connectivity index (χ3v) is 4.84. The lowest BCUT2D eigenvalue weighted by molar-refractivity contribution is -0.385. The van der Waals surface area contributed by atoms with E-state index < -0.39 is 0 Å². The molecule has 0 spiro atoms. The van der Waals surface area contributed by atoms with Gasteiger partial charge in [0.25, 0.3) is 5.69 Å². The number of nitro benzene ring substituents is 1. The first kappa shape index (κ1) is 14.2. The number of nitrogens with one attached hydrogen (secondary N) is 1. The molecule has 0 radical (unpaired) electrons. The molecule has 5 nitrogen and oxygen atoms in total. The summed E-state index contributed by atoms with van der Waals surface area (Å²) in [5.41, 5.74) is 3.09. The Morgan fingerprint density at radius 1 is 1.09 bits per heavy atom. The topological polar surface area (TPSA) is 64.4 Å². The SMILES string of the molecule is O=[N+]([O-])c1ccccc1[C@@H]1Nc2ccccc2[C@H]2OCCC[C@H]21. The van der Waals surface area contributed by atoms with Gasteiger partial charge in [-0.2, -0.15) is 0 Å². The van der Waals surface area contributed by atoms with Gasteiger partial charge in [-0.1, -0.05) is 36.4 Å². The predicted octanol–water partition coefficient (Wildman–Crippen LogP) is 4.23. The van der Waals surface area contributed by atoms with Crippen molar-refractivity contribution in [2.75, 3.05) is 11.9 Å². The van der Waals surface area contributed by atoms with Gasteiger partial charge in [0.2, 0.25) is 0 Å². The summed E-state index contributed by atoms with van der Waals surface area (Å²) in [4.78, 5) is 11.1. The largest absolute Gasteiger partial charge is 0.377 e. The molecule has 23 heavy (non-hydrogen) atoms. The smallest absolute Gasteiger partial charge is 0.274 e. The van der Waals surface area contributed by atoms with Gasteiger partial charge in [0.05, 0.1) is 22.6 Å². The summed E-state index contributed by atoms with van der Waals surface area (Å²) in [5, 5.41) is 14.9. The van der Waals surface area contributed by atoms with Crippen molar-refractivity contribution in [1.29, 1.82) is 0 Å². The summed E-state index contributed by atoms with van der Waals surface area (Å²) < 4.78 is 6.05. The van der Waals surface area contributed by atoms with E-state index in [4.69, 9.17) is 4.74 Å². The first-order valence-electron chi connectivity index (χ1n) is 7.96. The van der Waals surface area contributed by atoms with E-state index in [9.17, 15) is 10.1 Å². The molecule has 0 bridgehead atoms. The van der Waals surface area contributed by atoms with Crippen LogP contribution in [0.15, 0.2) is 48.5 Å². The number of anilines is 1. The van der Waals surface area contributed by atoms with Crippen molar-refractivity contribution in [3.05, 3.63) is 69.8 Å². The van der Waals surface area contributed by atoms with Gasteiger partial charge in [0.1, 0.15) is 0 Å². The molecule has 1 fully saturated rings. The van der Waals surface area contributed by atoms with Gasteiger partial charge in [-0.15, -0.1) is 0 Å². The van der Waals surface area contributed by atoms with E-state index in [1.807, 2.05) is 30.3 Å². The minimum atomic E-state index is -0.295. The summed E-state index contributed by atoms with van der Waals surface area (Å²) in [6.45, 7) is 0.749. The Morgan fingerprint density at radius 3 is 2.65 bits per heavy atom. The Hall–Kier alpha value is -2.40. The van der Waals surface area contributed by atoms with Gasteiger partial charge >= 0.3 is 0 Å². The molecule has 0 aromatic heterocycles. The number of fused-ring (bicyclic) bond motifs is 3. The van der Waals surface area contributed by atoms with E-state index in [2.05, 4.69) is 11.4 Å². The average molecular weight is 310 g/mol. The molecular formula is C18H18N2O3. The number of hydrogen-bond donors (Lipinski definition) is 1. The zero-order valence-electron chi connectivity index (χ0n) is 12.6. The molecule has 3 atom stereocenters. The van der Waals surface area contributed by atoms with E-state index in [-0.39, 0.29) is 28.7 Å². The molecule has 118 valence electrons. The van der Waals surface area contributed by atoms with E-state index in [0.717, 1.165) is 36.3 Å². The number of nitrogens with zero attached hydrogens (tertiary/aromatic N) is 1. The third-order valence-electron chi connectivity index (χ3n) is 4.84. The molecule has 1 N–H and O–H groups in total. The van der Waals surface area contributed by atoms with E-state index >= 15 is 0 Å². The second-order valence-corrected chi connectivity index (χ2v) is 6.12. The fourth-order valence-electron chi connectivity index (χ4n) is 3.84. The van der Waals surface area contributed by atoms with Crippen LogP contribution in [0, 0.1) is 16.0 Å². The van der Waals surface area contributed by atoms with Crippen molar-refractivity contribution in [2.45, 2.75) is 25.0 Å². The van der Waals surface area contributed by atoms with Crippen LogP contribution in [0.4, 0.5) is 11.4 Å². The van der Waals surface area contributed by atoms with Gasteiger partial charge in [0.15, 0.2) is 0 Å². The summed E-state index contributed by atoms with van der Waals surface area (Å²) in [7, 11) is 0. The van der Waals surface area contributed by atoms with Gasteiger partial charge in [-0.3, -0.25) is 10.1 Å². The fourth-order valence-corrected chi connectivity index (χ4v) is 3.84. The number of para-hydroxylation sites is 2. The first-order chi connectivity index (χ1) is 11.3. The lowest BCUT2D eigenvalue weighted by atomic mass is 9.77. The van der Waals surface area contributed by atoms with Crippen molar-refractivity contribution < 1.29 is 9.66 Å². The maximum absolute atomic E-state index is 11.4. The van der Waals surface area contributed by atoms with Crippen molar-refractivity contribution in [2.24, 2.45) is 5.92 Å². The van der Waals surface area contributed by atoms with E-state index in [1.54, 1.807) is 12.1 Å². The number of hydrogen-bond acceptors (Lipinski definition) is 4. The summed E-state index contributed by atoms with van der Waals surface area (Å²) >= 11 is 0. The molecular weight excluding hydrogens is 292 g/mol. The first-order valence-corrected chi connectivity index (χ1v) is 7.96. The van der Waals surface area contributed by atoms with Crippen molar-refractivity contribution in [3.8, 4) is 0 Å². The maximum atomic E-state index is 11.4. The highest BCUT2D eigenvalue weighted by Gasteiger charge is 2.41. The van der Waals surface area contributed by atoms with Crippen LogP contribution in [-0.4, -0.2) is 11.5 Å². The molecule has 2 aromatic rings. The lowest BCUT2D eigenvalue weighted by Gasteiger charge is -2.43. The Labute approximate surface area is 134 Å². The summed E-state index contributed by atoms with van der Waals surface area (Å²) in [6.07, 6.45) is 2.00. The second-order valence-electron chi connectivity index (χ2n) is 6.12. The highest BCUT2D eigenvalue weighted by Crippen LogP contribution is 2.50. The minimum absolute atomic E-state index is 0.00557. The van der Waals surface area contributed by atoms with Crippen LogP contribution in [-0.2, 0) is 4.74 Å². The van der Waals surface area contributed by atoms with Crippen LogP contribution in [0.5, 0.6) is 0 Å². The van der Waals surface area contributed by atoms with Gasteiger partial charge in [-0.25, -0.2) is 0 Å². The molecule has 4 rings (SSSR count). The molecule has 2 heterocycles. The van der Waals surface area contributed by atoms with Crippen LogP contribution in [0.3, 0.4) is 0 Å². The number of nitro groups is 1. The molecule has 0 amide bonds. The second kappa shape index (κ2) is 5.66. The Balaban J connectivity index is 1.82. The molecule has 5 heteroatoms. The number of benzene rings is 2. The van der Waals surface area contributed by atoms with Crippen molar-refractivity contribution in [3.63, 3.8) is 0 Å². The highest BCUT2D eigenvalue weighted by atomic mass is 16.6. The molecule has 0 unspecified atom stereocenters. The molecule has 0 aliphatic carbocycles. The normalized spacial score (nSPS) is 25.8. The lowest BCUT2D eigenvalue weighted by Crippen LogP contribution is -2.36. The summed E-state index contributed by atoms with van der Waals surface area (Å²) in [5.74, 6) is 0.208. The van der Waals surface area contributed by atoms with E-state index in [1.165, 1.54) is 0 Å². The zero-order chi connectivity index (χ0) is 15.8. The molecule has 2 aromatic carbocycles. The van der Waals surface area contributed by atoms with Gasteiger partial charge < -0.3 is 10.1 Å². The van der Waals surface area contributed by atoms with Crippen LogP contribution in [0.2, 0.25) is 0 Å². The molecule has 2 aliphatic rings. The minimum Gasteiger partial charge on any atom is -0.377 e. The van der Waals surface area contributed by atoms with Gasteiger partial charge in [-0.05, 0) is 18.9 Å². The van der Waals surface area contributed by atoms with Gasteiger partial charge in [0, 0.05) is 29.8 Å². The fraction of sp³-hybridized carbons (Fsp3) is 0.333. The molecule has 2 aliphatic heterocycles. The number of ether oxygens (including phenoxy) is 1. The summed E-state index contributed by atoms with van der Waals surface area (Å²) in [6, 6.07) is 15.0. The van der Waals surface area contributed by atoms with E-state index in [0.29, 0.717) is 0 Å². The standard InChI is InChI=1S/C18H18N2O3/c21-20(22)16-10-4-2-7-13(16)17-14-8-5-11-23-18(14)12-6-1-3-9-15(12)19-17/h1-4,6-7,9-10,14,17-19H,5,8,11H2/t14-,17-,18+/m0/s1. The molecule has 0 saturated carbocycles. The Morgan fingerprint density at radius 2 is 1.83 bits per heavy atom. The van der Waals surface area contributed by atoms with Crippen LogP contribution in [0.1, 0.15) is 36.1 Å². The average Bonchev–Trinajstić information content (AvgIpc) is 2.61. The monoisotopic (exact) mass is 310 g/mol. The highest BCUT2D eigenvalue weighted by molar-refractivity contribution is 5.58. The Kier molecular flexibility index (Phi) is 3.50. The maximum Gasteiger partial charge on any atom is 0.274 e. The van der Waals surface area contributed by atoms with Crippen LogP contribution < -0.4 is 5.32 Å². The zero-order valence-corrected chi connectivity index (χ0v) is 12.6. The number of rotatable bonds is 2. The van der Waals surface area contributed by atoms with Crippen molar-refractivity contribution >= 4 is 11.4 Å².